The van der Waals surface area contributed by atoms with E-state index in [9.17, 15) is 9.59 Å². The van der Waals surface area contributed by atoms with Crippen molar-refractivity contribution in [3.63, 3.8) is 0 Å². The lowest BCUT2D eigenvalue weighted by Crippen LogP contribution is -2.24. The molecule has 0 aliphatic carbocycles. The Bertz CT molecular complexity index is 738. The quantitative estimate of drug-likeness (QED) is 0.707. The van der Waals surface area contributed by atoms with Crippen molar-refractivity contribution >= 4 is 27.8 Å². The number of aliphatic carboxylic acids is 1. The fourth-order valence-corrected chi connectivity index (χ4v) is 2.58. The lowest BCUT2D eigenvalue weighted by Gasteiger charge is -2.07. The highest BCUT2D eigenvalue weighted by Gasteiger charge is 2.11. The SMILES string of the molecule is Cc1nn(-c2ccc(C(=O)NCCCCC(=O)O)cc2)c(C)c1Br. The average Bonchev–Trinajstić information content (AvgIpc) is 2.82. The third-order valence-corrected chi connectivity index (χ3v) is 4.83. The van der Waals surface area contributed by atoms with Crippen molar-refractivity contribution in [2.24, 2.45) is 0 Å². The Morgan fingerprint density at radius 2 is 1.88 bits per heavy atom. The van der Waals surface area contributed by atoms with Crippen molar-refractivity contribution in [2.75, 3.05) is 6.54 Å². The van der Waals surface area contributed by atoms with Crippen LogP contribution in [0.3, 0.4) is 0 Å². The number of benzene rings is 1. The van der Waals surface area contributed by atoms with Crippen LogP contribution in [0.25, 0.3) is 5.69 Å². The molecule has 24 heavy (non-hydrogen) atoms. The van der Waals surface area contributed by atoms with Gasteiger partial charge in [0, 0.05) is 18.5 Å². The van der Waals surface area contributed by atoms with E-state index in [1.807, 2.05) is 30.7 Å². The van der Waals surface area contributed by atoms with Crippen LogP contribution >= 0.6 is 15.9 Å². The molecular formula is C17H20BrN3O3. The minimum absolute atomic E-state index is 0.128. The van der Waals surface area contributed by atoms with Crippen LogP contribution in [0.15, 0.2) is 28.7 Å². The fourth-order valence-electron chi connectivity index (χ4n) is 2.33. The van der Waals surface area contributed by atoms with Crippen LogP contribution in [0.2, 0.25) is 0 Å². The highest BCUT2D eigenvalue weighted by molar-refractivity contribution is 9.10. The van der Waals surface area contributed by atoms with E-state index in [1.54, 1.807) is 12.1 Å². The number of amides is 1. The molecule has 0 fully saturated rings. The smallest absolute Gasteiger partial charge is 0.303 e. The molecule has 0 aliphatic heterocycles. The van der Waals surface area contributed by atoms with Crippen molar-refractivity contribution in [2.45, 2.75) is 33.1 Å². The number of aromatic nitrogens is 2. The summed E-state index contributed by atoms with van der Waals surface area (Å²) in [4.78, 5) is 22.5. The van der Waals surface area contributed by atoms with Crippen LogP contribution in [0.4, 0.5) is 0 Å². The first-order valence-corrected chi connectivity index (χ1v) is 8.51. The number of hydrogen-bond donors (Lipinski definition) is 2. The summed E-state index contributed by atoms with van der Waals surface area (Å²) in [7, 11) is 0. The Kier molecular flexibility index (Phi) is 6.14. The molecule has 0 bridgehead atoms. The van der Waals surface area contributed by atoms with Gasteiger partial charge in [-0.05, 0) is 66.9 Å². The average molecular weight is 394 g/mol. The van der Waals surface area contributed by atoms with Crippen molar-refractivity contribution in [3.05, 3.63) is 45.7 Å². The number of unbranched alkanes of at least 4 members (excludes halogenated alkanes) is 1. The zero-order chi connectivity index (χ0) is 17.7. The zero-order valence-electron chi connectivity index (χ0n) is 13.7. The first-order chi connectivity index (χ1) is 11.4. The Hall–Kier alpha value is -2.15. The molecule has 1 amide bonds. The van der Waals surface area contributed by atoms with Gasteiger partial charge in [-0.25, -0.2) is 4.68 Å². The number of nitrogens with one attached hydrogen (secondary N) is 1. The van der Waals surface area contributed by atoms with Gasteiger partial charge >= 0.3 is 5.97 Å². The van der Waals surface area contributed by atoms with Crippen LogP contribution in [-0.4, -0.2) is 33.3 Å². The summed E-state index contributed by atoms with van der Waals surface area (Å²) in [5, 5.41) is 15.8. The normalized spacial score (nSPS) is 10.6. The van der Waals surface area contributed by atoms with E-state index < -0.39 is 5.97 Å². The van der Waals surface area contributed by atoms with Gasteiger partial charge in [-0.3, -0.25) is 9.59 Å². The third kappa shape index (κ3) is 4.44. The molecule has 0 radical (unpaired) electrons. The van der Waals surface area contributed by atoms with Crippen LogP contribution in [0, 0.1) is 13.8 Å². The van der Waals surface area contributed by atoms with E-state index in [-0.39, 0.29) is 12.3 Å². The van der Waals surface area contributed by atoms with Crippen LogP contribution < -0.4 is 5.32 Å². The van der Waals surface area contributed by atoms with Crippen molar-refractivity contribution in [1.82, 2.24) is 15.1 Å². The predicted octanol–water partition coefficient (Wildman–Crippen LogP) is 3.24. The maximum Gasteiger partial charge on any atom is 0.303 e. The topological polar surface area (TPSA) is 84.2 Å². The molecule has 2 aromatic rings. The van der Waals surface area contributed by atoms with Crippen molar-refractivity contribution in [3.8, 4) is 5.69 Å². The first kappa shape index (κ1) is 18.2. The van der Waals surface area contributed by atoms with Crippen LogP contribution in [-0.2, 0) is 4.79 Å². The van der Waals surface area contributed by atoms with E-state index in [1.165, 1.54) is 0 Å². The van der Waals surface area contributed by atoms with Crippen molar-refractivity contribution in [1.29, 1.82) is 0 Å². The summed E-state index contributed by atoms with van der Waals surface area (Å²) in [6.45, 7) is 4.37. The molecule has 0 saturated heterocycles. The van der Waals surface area contributed by atoms with Gasteiger partial charge in [-0.1, -0.05) is 0 Å². The van der Waals surface area contributed by atoms with Gasteiger partial charge in [0.25, 0.3) is 5.91 Å². The maximum atomic E-state index is 12.1. The van der Waals surface area contributed by atoms with Gasteiger partial charge < -0.3 is 10.4 Å². The Labute approximate surface area is 149 Å². The third-order valence-electron chi connectivity index (χ3n) is 3.68. The van der Waals surface area contributed by atoms with E-state index in [0.717, 1.165) is 21.5 Å². The van der Waals surface area contributed by atoms with Gasteiger partial charge in [0.2, 0.25) is 0 Å². The largest absolute Gasteiger partial charge is 0.481 e. The lowest BCUT2D eigenvalue weighted by molar-refractivity contribution is -0.137. The van der Waals surface area contributed by atoms with E-state index >= 15 is 0 Å². The summed E-state index contributed by atoms with van der Waals surface area (Å²) < 4.78 is 2.80. The fraction of sp³-hybridized carbons (Fsp3) is 0.353. The number of aryl methyl sites for hydroxylation is 1. The standard InChI is InChI=1S/C17H20BrN3O3/c1-11-16(18)12(2)21(20-11)14-8-6-13(7-9-14)17(24)19-10-4-3-5-15(22)23/h6-9H,3-5,10H2,1-2H3,(H,19,24)(H,22,23). The molecule has 1 aromatic carbocycles. The number of carboxylic acid groups (broad SMARTS) is 1. The Balaban J connectivity index is 1.95. The van der Waals surface area contributed by atoms with Crippen LogP contribution in [0.5, 0.6) is 0 Å². The summed E-state index contributed by atoms with van der Waals surface area (Å²) in [6, 6.07) is 7.22. The molecule has 0 unspecified atom stereocenters. The van der Waals surface area contributed by atoms with Gasteiger partial charge in [0.1, 0.15) is 0 Å². The van der Waals surface area contributed by atoms with Gasteiger partial charge in [0.05, 0.1) is 21.5 Å². The maximum absolute atomic E-state index is 12.1. The van der Waals surface area contributed by atoms with Crippen LogP contribution in [0.1, 0.15) is 41.0 Å². The summed E-state index contributed by atoms with van der Waals surface area (Å²) in [5.74, 6) is -0.973. The predicted molar refractivity (Wildman–Crippen MR) is 94.6 cm³/mol. The zero-order valence-corrected chi connectivity index (χ0v) is 15.3. The number of nitrogens with zero attached hydrogens (tertiary/aromatic N) is 2. The molecule has 128 valence electrons. The monoisotopic (exact) mass is 393 g/mol. The van der Waals surface area contributed by atoms with Gasteiger partial charge in [-0.15, -0.1) is 0 Å². The van der Waals surface area contributed by atoms with Gasteiger partial charge in [0.15, 0.2) is 0 Å². The molecule has 1 heterocycles. The summed E-state index contributed by atoms with van der Waals surface area (Å²) in [6.07, 6.45) is 1.33. The minimum atomic E-state index is -0.812. The number of carbonyl (C=O) groups excluding carboxylic acids is 1. The molecule has 2 rings (SSSR count). The second kappa shape index (κ2) is 8.10. The van der Waals surface area contributed by atoms with E-state index in [0.29, 0.717) is 24.9 Å². The second-order valence-electron chi connectivity index (χ2n) is 5.55. The highest BCUT2D eigenvalue weighted by Crippen LogP contribution is 2.23. The number of carboxylic acids is 1. The van der Waals surface area contributed by atoms with E-state index in [4.69, 9.17) is 5.11 Å². The number of rotatable bonds is 7. The highest BCUT2D eigenvalue weighted by atomic mass is 79.9. The number of hydrogen-bond acceptors (Lipinski definition) is 3. The second-order valence-corrected chi connectivity index (χ2v) is 6.34. The molecule has 2 N–H and O–H groups in total. The molecule has 0 saturated carbocycles. The number of carbonyl (C=O) groups is 2. The summed E-state index contributed by atoms with van der Waals surface area (Å²) >= 11 is 3.50. The molecule has 0 spiro atoms. The molecule has 0 atom stereocenters. The van der Waals surface area contributed by atoms with Crippen molar-refractivity contribution < 1.29 is 14.7 Å². The van der Waals surface area contributed by atoms with Gasteiger partial charge in [-0.2, -0.15) is 5.10 Å². The molecule has 1 aromatic heterocycles. The Morgan fingerprint density at radius 1 is 1.21 bits per heavy atom. The lowest BCUT2D eigenvalue weighted by atomic mass is 10.2. The molecule has 0 aliphatic rings. The molecule has 6 nitrogen and oxygen atoms in total. The molecular weight excluding hydrogens is 374 g/mol. The minimum Gasteiger partial charge on any atom is -0.481 e. The first-order valence-electron chi connectivity index (χ1n) is 7.72. The molecule has 7 heteroatoms. The number of halogens is 1. The van der Waals surface area contributed by atoms with E-state index in [2.05, 4.69) is 26.3 Å². The summed E-state index contributed by atoms with van der Waals surface area (Å²) in [5.41, 5.74) is 3.37. The Morgan fingerprint density at radius 3 is 2.42 bits per heavy atom.